The van der Waals surface area contributed by atoms with Gasteiger partial charge in [0.2, 0.25) is 0 Å². The van der Waals surface area contributed by atoms with E-state index >= 15 is 0 Å². The minimum atomic E-state index is 0.652. The fourth-order valence-corrected chi connectivity index (χ4v) is 2.95. The molecule has 0 radical (unpaired) electrons. The Morgan fingerprint density at radius 2 is 2.17 bits per heavy atom. The molecule has 0 bridgehead atoms. The first-order valence-electron chi connectivity index (χ1n) is 7.30. The van der Waals surface area contributed by atoms with Crippen LogP contribution in [0.15, 0.2) is 10.6 Å². The molecule has 1 heterocycles. The smallest absolute Gasteiger partial charge is 0.150 e. The van der Waals surface area contributed by atoms with E-state index in [4.69, 9.17) is 4.52 Å². The highest BCUT2D eigenvalue weighted by Gasteiger charge is 2.20. The summed E-state index contributed by atoms with van der Waals surface area (Å²) in [7, 11) is 0. The molecule has 2 unspecified atom stereocenters. The summed E-state index contributed by atoms with van der Waals surface area (Å²) in [5.74, 6) is 2.71. The second-order valence-electron chi connectivity index (χ2n) is 6.02. The molecule has 0 amide bonds. The lowest BCUT2D eigenvalue weighted by Gasteiger charge is -2.18. The van der Waals surface area contributed by atoms with E-state index < -0.39 is 0 Å². The van der Waals surface area contributed by atoms with E-state index in [0.717, 1.165) is 29.8 Å². The zero-order valence-corrected chi connectivity index (χ0v) is 11.9. The summed E-state index contributed by atoms with van der Waals surface area (Å²) in [5.41, 5.74) is 0.965. The number of hydrogen-bond acceptors (Lipinski definition) is 3. The number of aryl methyl sites for hydroxylation is 1. The summed E-state index contributed by atoms with van der Waals surface area (Å²) in [6.45, 7) is 7.50. The second kappa shape index (κ2) is 6.37. The van der Waals surface area contributed by atoms with Gasteiger partial charge in [-0.3, -0.25) is 0 Å². The van der Waals surface area contributed by atoms with Gasteiger partial charge in [0, 0.05) is 12.1 Å². The van der Waals surface area contributed by atoms with Crippen molar-refractivity contribution in [3.8, 4) is 0 Å². The molecule has 1 aliphatic rings. The summed E-state index contributed by atoms with van der Waals surface area (Å²) in [6.07, 6.45) is 6.73. The molecule has 1 aliphatic carbocycles. The molecule has 3 nitrogen and oxygen atoms in total. The highest BCUT2D eigenvalue weighted by molar-refractivity contribution is 5.02. The summed E-state index contributed by atoms with van der Waals surface area (Å²) in [4.78, 5) is 0. The SMILES string of the molecule is Cc1cc(CNC2CCCC(C(C)C)CC2)on1. The maximum Gasteiger partial charge on any atom is 0.150 e. The van der Waals surface area contributed by atoms with Gasteiger partial charge in [-0.15, -0.1) is 0 Å². The molecule has 0 spiro atoms. The number of rotatable bonds is 4. The molecule has 1 aromatic rings. The fourth-order valence-electron chi connectivity index (χ4n) is 2.95. The van der Waals surface area contributed by atoms with Crippen LogP contribution in [-0.4, -0.2) is 11.2 Å². The molecule has 1 saturated carbocycles. The minimum absolute atomic E-state index is 0.652. The van der Waals surface area contributed by atoms with Gasteiger partial charge in [0.1, 0.15) is 0 Å². The third-order valence-corrected chi connectivity index (χ3v) is 4.20. The fraction of sp³-hybridized carbons (Fsp3) is 0.800. The second-order valence-corrected chi connectivity index (χ2v) is 6.02. The Hall–Kier alpha value is -0.830. The van der Waals surface area contributed by atoms with Crippen molar-refractivity contribution >= 4 is 0 Å². The molecule has 2 rings (SSSR count). The maximum atomic E-state index is 5.23. The number of aromatic nitrogens is 1. The van der Waals surface area contributed by atoms with Crippen LogP contribution in [0.25, 0.3) is 0 Å². The van der Waals surface area contributed by atoms with E-state index in [1.165, 1.54) is 32.1 Å². The molecule has 18 heavy (non-hydrogen) atoms. The molecular weight excluding hydrogens is 224 g/mol. The van der Waals surface area contributed by atoms with Gasteiger partial charge in [-0.2, -0.15) is 0 Å². The maximum absolute atomic E-state index is 5.23. The summed E-state index contributed by atoms with van der Waals surface area (Å²) in [6, 6.07) is 2.67. The average molecular weight is 250 g/mol. The highest BCUT2D eigenvalue weighted by atomic mass is 16.5. The van der Waals surface area contributed by atoms with E-state index in [1.54, 1.807) is 0 Å². The predicted octanol–water partition coefficient (Wildman–Crippen LogP) is 3.68. The molecule has 102 valence electrons. The highest BCUT2D eigenvalue weighted by Crippen LogP contribution is 2.28. The van der Waals surface area contributed by atoms with Crippen molar-refractivity contribution in [2.75, 3.05) is 0 Å². The Morgan fingerprint density at radius 3 is 2.83 bits per heavy atom. The van der Waals surface area contributed by atoms with E-state index in [-0.39, 0.29) is 0 Å². The Bertz CT molecular complexity index is 359. The van der Waals surface area contributed by atoms with Crippen LogP contribution >= 0.6 is 0 Å². The Balaban J connectivity index is 1.77. The van der Waals surface area contributed by atoms with Crippen LogP contribution in [0.4, 0.5) is 0 Å². The predicted molar refractivity (Wildman–Crippen MR) is 73.3 cm³/mol. The summed E-state index contributed by atoms with van der Waals surface area (Å²) >= 11 is 0. The van der Waals surface area contributed by atoms with Gasteiger partial charge in [0.25, 0.3) is 0 Å². The monoisotopic (exact) mass is 250 g/mol. The number of nitrogens with zero attached hydrogens (tertiary/aromatic N) is 1. The van der Waals surface area contributed by atoms with Crippen LogP contribution < -0.4 is 5.32 Å². The molecule has 0 aliphatic heterocycles. The van der Waals surface area contributed by atoms with Gasteiger partial charge in [-0.05, 0) is 38.0 Å². The van der Waals surface area contributed by atoms with Crippen molar-refractivity contribution in [2.45, 2.75) is 65.5 Å². The lowest BCUT2D eigenvalue weighted by Crippen LogP contribution is -2.27. The summed E-state index contributed by atoms with van der Waals surface area (Å²) < 4.78 is 5.23. The molecule has 1 fully saturated rings. The van der Waals surface area contributed by atoms with Crippen LogP contribution in [0.5, 0.6) is 0 Å². The van der Waals surface area contributed by atoms with E-state index in [9.17, 15) is 0 Å². The molecule has 1 aromatic heterocycles. The standard InChI is InChI=1S/C15H26N2O/c1-11(2)13-5-4-6-14(8-7-13)16-10-15-9-12(3)17-18-15/h9,11,13-14,16H,4-8,10H2,1-3H3. The lowest BCUT2D eigenvalue weighted by molar-refractivity contribution is 0.332. The molecule has 0 aromatic carbocycles. The first-order valence-corrected chi connectivity index (χ1v) is 7.30. The zero-order chi connectivity index (χ0) is 13.0. The van der Waals surface area contributed by atoms with Crippen molar-refractivity contribution in [1.29, 1.82) is 0 Å². The van der Waals surface area contributed by atoms with Crippen LogP contribution in [0, 0.1) is 18.8 Å². The van der Waals surface area contributed by atoms with Gasteiger partial charge in [0.05, 0.1) is 12.2 Å². The van der Waals surface area contributed by atoms with E-state index in [2.05, 4.69) is 24.3 Å². The minimum Gasteiger partial charge on any atom is -0.360 e. The van der Waals surface area contributed by atoms with Crippen LogP contribution in [0.3, 0.4) is 0 Å². The van der Waals surface area contributed by atoms with Gasteiger partial charge < -0.3 is 9.84 Å². The Labute approximate surface area is 110 Å². The lowest BCUT2D eigenvalue weighted by atomic mass is 9.89. The molecule has 2 atom stereocenters. The number of nitrogens with one attached hydrogen (secondary N) is 1. The van der Waals surface area contributed by atoms with Crippen LogP contribution in [0.2, 0.25) is 0 Å². The molecular formula is C15H26N2O. The van der Waals surface area contributed by atoms with Crippen LogP contribution in [-0.2, 0) is 6.54 Å². The van der Waals surface area contributed by atoms with Gasteiger partial charge >= 0.3 is 0 Å². The van der Waals surface area contributed by atoms with Gasteiger partial charge in [0.15, 0.2) is 5.76 Å². The third-order valence-electron chi connectivity index (χ3n) is 4.20. The van der Waals surface area contributed by atoms with E-state index in [1.807, 2.05) is 13.0 Å². The van der Waals surface area contributed by atoms with Gasteiger partial charge in [-0.1, -0.05) is 31.8 Å². The molecule has 0 saturated heterocycles. The van der Waals surface area contributed by atoms with Crippen molar-refractivity contribution < 1.29 is 4.52 Å². The molecule has 1 N–H and O–H groups in total. The largest absolute Gasteiger partial charge is 0.360 e. The normalized spacial score (nSPS) is 25.3. The van der Waals surface area contributed by atoms with Crippen molar-refractivity contribution in [1.82, 2.24) is 10.5 Å². The van der Waals surface area contributed by atoms with Gasteiger partial charge in [-0.25, -0.2) is 0 Å². The van der Waals surface area contributed by atoms with Crippen molar-refractivity contribution in [3.63, 3.8) is 0 Å². The zero-order valence-electron chi connectivity index (χ0n) is 11.9. The first-order chi connectivity index (χ1) is 8.65. The number of hydrogen-bond donors (Lipinski definition) is 1. The van der Waals surface area contributed by atoms with Crippen LogP contribution in [0.1, 0.15) is 57.4 Å². The van der Waals surface area contributed by atoms with Crippen molar-refractivity contribution in [2.24, 2.45) is 11.8 Å². The quantitative estimate of drug-likeness (QED) is 0.828. The van der Waals surface area contributed by atoms with Crippen molar-refractivity contribution in [3.05, 3.63) is 17.5 Å². The first kappa shape index (κ1) is 13.6. The topological polar surface area (TPSA) is 38.1 Å². The molecule has 3 heteroatoms. The third kappa shape index (κ3) is 3.84. The Kier molecular flexibility index (Phi) is 4.81. The summed E-state index contributed by atoms with van der Waals surface area (Å²) in [5, 5.41) is 7.54. The average Bonchev–Trinajstić information content (AvgIpc) is 2.62. The Morgan fingerprint density at radius 1 is 1.33 bits per heavy atom. The van der Waals surface area contributed by atoms with E-state index in [0.29, 0.717) is 6.04 Å².